The van der Waals surface area contributed by atoms with Gasteiger partial charge in [-0.2, -0.15) is 13.2 Å². The molecule has 96 valence electrons. The maximum Gasteiger partial charge on any atom is 0.417 e. The molecule has 1 nitrogen and oxygen atoms in total. The van der Waals surface area contributed by atoms with Gasteiger partial charge in [0.15, 0.2) is 0 Å². The highest BCUT2D eigenvalue weighted by molar-refractivity contribution is 5.60. The largest absolute Gasteiger partial charge is 0.417 e. The zero-order valence-electron chi connectivity index (χ0n) is 8.54. The lowest BCUT2D eigenvalue weighted by atomic mass is 9.96. The summed E-state index contributed by atoms with van der Waals surface area (Å²) in [7, 11) is 0. The zero-order chi connectivity index (χ0) is 13.2. The quantitative estimate of drug-likeness (QED) is 0.648. The van der Waals surface area contributed by atoms with Gasteiger partial charge in [0.05, 0.1) is 5.56 Å². The summed E-state index contributed by atoms with van der Waals surface area (Å²) in [6, 6.07) is 0.678. The summed E-state index contributed by atoms with van der Waals surface area (Å²) < 4.78 is 75.4. The molecule has 2 N–H and O–H groups in total. The topological polar surface area (TPSA) is 26.0 Å². The Morgan fingerprint density at radius 2 is 1.47 bits per heavy atom. The van der Waals surface area contributed by atoms with E-state index < -0.39 is 48.6 Å². The summed E-state index contributed by atoms with van der Waals surface area (Å²) in [4.78, 5) is 0. The van der Waals surface area contributed by atoms with Crippen LogP contribution in [0.3, 0.4) is 0 Å². The highest BCUT2D eigenvalue weighted by Crippen LogP contribution is 2.39. The van der Waals surface area contributed by atoms with E-state index in [0.29, 0.717) is 6.07 Å². The fraction of sp³-hybridized carbons (Fsp3) is 0.400. The molecule has 0 aliphatic heterocycles. The van der Waals surface area contributed by atoms with Crippen LogP contribution in [0.1, 0.15) is 22.3 Å². The molecule has 0 saturated carbocycles. The summed E-state index contributed by atoms with van der Waals surface area (Å²) in [6.07, 6.45) is -4.92. The fourth-order valence-electron chi connectivity index (χ4n) is 1.59. The Balaban J connectivity index is 3.61. The van der Waals surface area contributed by atoms with E-state index in [2.05, 4.69) is 0 Å². The maximum atomic E-state index is 12.6. The van der Waals surface area contributed by atoms with Gasteiger partial charge in [0.25, 0.3) is 0 Å². The monoisotopic (exact) mass is 257 g/mol. The first-order valence-electron chi connectivity index (χ1n) is 4.55. The van der Waals surface area contributed by atoms with Crippen LogP contribution < -0.4 is 5.73 Å². The van der Waals surface area contributed by atoms with Crippen LogP contribution in [0.4, 0.5) is 32.0 Å². The standard InChI is InChI=1S/C10H9F6N/c11-2-5-1-6(3-12)9(17)7(4-13)8(5)10(14,15)16/h1H,2-4,17H2. The molecule has 0 aliphatic rings. The number of hydrogen-bond donors (Lipinski definition) is 1. The Hall–Kier alpha value is -1.40. The molecular formula is C10H9F6N. The van der Waals surface area contributed by atoms with Crippen molar-refractivity contribution in [3.8, 4) is 0 Å². The van der Waals surface area contributed by atoms with Crippen LogP contribution in [0.25, 0.3) is 0 Å². The van der Waals surface area contributed by atoms with Crippen LogP contribution in [-0.4, -0.2) is 0 Å². The molecule has 1 aromatic rings. The lowest BCUT2D eigenvalue weighted by molar-refractivity contribution is -0.139. The normalized spacial score (nSPS) is 11.9. The Bertz CT molecular complexity index is 412. The molecule has 17 heavy (non-hydrogen) atoms. The minimum absolute atomic E-state index is 0.335. The summed E-state index contributed by atoms with van der Waals surface area (Å²) in [5, 5.41) is 0. The fourth-order valence-corrected chi connectivity index (χ4v) is 1.59. The van der Waals surface area contributed by atoms with Crippen LogP contribution in [-0.2, 0) is 26.2 Å². The minimum Gasteiger partial charge on any atom is -0.398 e. The third kappa shape index (κ3) is 2.48. The second-order valence-corrected chi connectivity index (χ2v) is 3.36. The molecule has 0 fully saturated rings. The molecule has 1 rings (SSSR count). The molecule has 0 spiro atoms. The molecule has 0 heterocycles. The molecule has 0 aromatic heterocycles. The third-order valence-corrected chi connectivity index (χ3v) is 2.35. The van der Waals surface area contributed by atoms with E-state index in [9.17, 15) is 26.3 Å². The number of alkyl halides is 6. The number of halogens is 6. The van der Waals surface area contributed by atoms with Crippen molar-refractivity contribution in [1.29, 1.82) is 0 Å². The number of nitrogens with two attached hydrogens (primary N) is 1. The van der Waals surface area contributed by atoms with Crippen molar-refractivity contribution in [2.75, 3.05) is 5.73 Å². The Morgan fingerprint density at radius 3 is 1.82 bits per heavy atom. The second-order valence-electron chi connectivity index (χ2n) is 3.36. The molecule has 0 bridgehead atoms. The van der Waals surface area contributed by atoms with Gasteiger partial charge < -0.3 is 5.73 Å². The van der Waals surface area contributed by atoms with Crippen molar-refractivity contribution in [1.82, 2.24) is 0 Å². The highest BCUT2D eigenvalue weighted by Gasteiger charge is 2.37. The van der Waals surface area contributed by atoms with Crippen molar-refractivity contribution in [2.45, 2.75) is 26.2 Å². The predicted octanol–water partition coefficient (Wildman–Crippen LogP) is 3.70. The number of benzene rings is 1. The first-order valence-corrected chi connectivity index (χ1v) is 4.55. The van der Waals surface area contributed by atoms with Gasteiger partial charge in [-0.1, -0.05) is 0 Å². The molecule has 0 atom stereocenters. The van der Waals surface area contributed by atoms with Crippen LogP contribution in [0.2, 0.25) is 0 Å². The van der Waals surface area contributed by atoms with Crippen molar-refractivity contribution in [3.05, 3.63) is 28.3 Å². The minimum atomic E-state index is -4.92. The van der Waals surface area contributed by atoms with E-state index in [1.165, 1.54) is 0 Å². The molecular weight excluding hydrogens is 248 g/mol. The Labute approximate surface area is 93.2 Å². The first-order chi connectivity index (χ1) is 7.86. The summed E-state index contributed by atoms with van der Waals surface area (Å²) >= 11 is 0. The average Bonchev–Trinajstić information content (AvgIpc) is 2.27. The van der Waals surface area contributed by atoms with Crippen molar-refractivity contribution in [2.24, 2.45) is 0 Å². The van der Waals surface area contributed by atoms with Gasteiger partial charge in [0.2, 0.25) is 0 Å². The smallest absolute Gasteiger partial charge is 0.398 e. The van der Waals surface area contributed by atoms with Crippen LogP contribution in [0.15, 0.2) is 6.07 Å². The van der Waals surface area contributed by atoms with E-state index in [4.69, 9.17) is 5.73 Å². The van der Waals surface area contributed by atoms with E-state index in [-0.39, 0.29) is 5.56 Å². The molecule has 0 aliphatic carbocycles. The molecule has 0 amide bonds. The third-order valence-electron chi connectivity index (χ3n) is 2.35. The lowest BCUT2D eigenvalue weighted by Crippen LogP contribution is -2.15. The van der Waals surface area contributed by atoms with Gasteiger partial charge in [0, 0.05) is 16.8 Å². The van der Waals surface area contributed by atoms with E-state index in [1.807, 2.05) is 0 Å². The van der Waals surface area contributed by atoms with E-state index in [0.717, 1.165) is 0 Å². The van der Waals surface area contributed by atoms with Crippen molar-refractivity contribution >= 4 is 5.69 Å². The van der Waals surface area contributed by atoms with Gasteiger partial charge in [-0.25, -0.2) is 13.2 Å². The van der Waals surface area contributed by atoms with Crippen LogP contribution >= 0.6 is 0 Å². The average molecular weight is 257 g/mol. The maximum absolute atomic E-state index is 12.6. The Morgan fingerprint density at radius 1 is 0.941 bits per heavy atom. The number of anilines is 1. The molecule has 0 saturated heterocycles. The molecule has 1 aromatic carbocycles. The van der Waals surface area contributed by atoms with Gasteiger partial charge in [-0.3, -0.25) is 0 Å². The second kappa shape index (κ2) is 4.85. The summed E-state index contributed by atoms with van der Waals surface area (Å²) in [5.74, 6) is 0. The number of hydrogen-bond acceptors (Lipinski definition) is 1. The van der Waals surface area contributed by atoms with Gasteiger partial charge in [-0.15, -0.1) is 0 Å². The lowest BCUT2D eigenvalue weighted by Gasteiger charge is -2.18. The van der Waals surface area contributed by atoms with Gasteiger partial charge in [0.1, 0.15) is 20.0 Å². The molecule has 7 heteroatoms. The van der Waals surface area contributed by atoms with Crippen molar-refractivity contribution in [3.63, 3.8) is 0 Å². The number of rotatable bonds is 3. The van der Waals surface area contributed by atoms with E-state index in [1.54, 1.807) is 0 Å². The van der Waals surface area contributed by atoms with Gasteiger partial charge in [-0.05, 0) is 11.6 Å². The predicted molar refractivity (Wildman–Crippen MR) is 50.3 cm³/mol. The molecule has 0 radical (unpaired) electrons. The Kier molecular flexibility index (Phi) is 3.90. The SMILES string of the molecule is Nc1c(CF)cc(CF)c(C(F)(F)F)c1CF. The zero-order valence-corrected chi connectivity index (χ0v) is 8.54. The van der Waals surface area contributed by atoms with Crippen molar-refractivity contribution < 1.29 is 26.3 Å². The molecule has 0 unspecified atom stereocenters. The summed E-state index contributed by atoms with van der Waals surface area (Å²) in [5.41, 5.74) is 1.13. The first kappa shape index (κ1) is 13.7. The van der Waals surface area contributed by atoms with Crippen LogP contribution in [0, 0.1) is 0 Å². The number of nitrogen functional groups attached to an aromatic ring is 1. The highest BCUT2D eigenvalue weighted by atomic mass is 19.4. The van der Waals surface area contributed by atoms with E-state index >= 15 is 0 Å². The van der Waals surface area contributed by atoms with Crippen LogP contribution in [0.5, 0.6) is 0 Å². The van der Waals surface area contributed by atoms with Gasteiger partial charge >= 0.3 is 6.18 Å². The summed E-state index contributed by atoms with van der Waals surface area (Å²) in [6.45, 7) is -4.17.